The van der Waals surface area contributed by atoms with Crippen molar-refractivity contribution < 1.29 is 9.90 Å². The number of anilines is 2. The second-order valence-corrected chi connectivity index (χ2v) is 5.29. The van der Waals surface area contributed by atoms with E-state index in [9.17, 15) is 4.79 Å². The quantitative estimate of drug-likeness (QED) is 0.928. The van der Waals surface area contributed by atoms with Crippen LogP contribution in [0.1, 0.15) is 22.2 Å². The van der Waals surface area contributed by atoms with Crippen LogP contribution in [0.15, 0.2) is 24.3 Å². The number of carboxylic acid groups (broad SMARTS) is 1. The fourth-order valence-electron chi connectivity index (χ4n) is 1.81. The molecule has 1 aromatic heterocycles. The number of aromatic nitrogens is 1. The molecular weight excluding hydrogens is 284 g/mol. The zero-order chi connectivity index (χ0) is 14.0. The van der Waals surface area contributed by atoms with Crippen molar-refractivity contribution in [3.8, 4) is 0 Å². The number of hydrogen-bond donors (Lipinski definition) is 1. The van der Waals surface area contributed by atoms with Gasteiger partial charge >= 0.3 is 5.97 Å². The van der Waals surface area contributed by atoms with Crippen LogP contribution >= 0.6 is 22.9 Å². The first kappa shape index (κ1) is 13.8. The van der Waals surface area contributed by atoms with Crippen LogP contribution in [-0.4, -0.2) is 22.6 Å². The number of para-hydroxylation sites is 1. The molecule has 0 saturated carbocycles. The molecule has 4 nitrogen and oxygen atoms in total. The molecular formula is C13H13ClN2O2S. The molecule has 0 saturated heterocycles. The minimum Gasteiger partial charge on any atom is -0.477 e. The Kier molecular flexibility index (Phi) is 4.07. The van der Waals surface area contributed by atoms with E-state index in [-0.39, 0.29) is 10.0 Å². The number of halogens is 1. The molecule has 0 aliphatic heterocycles. The van der Waals surface area contributed by atoms with Gasteiger partial charge in [0.15, 0.2) is 15.2 Å². The second kappa shape index (κ2) is 5.59. The molecule has 0 aliphatic rings. The number of thiazole rings is 1. The Morgan fingerprint density at radius 1 is 1.47 bits per heavy atom. The smallest absolute Gasteiger partial charge is 0.349 e. The molecule has 0 radical (unpaired) electrons. The topological polar surface area (TPSA) is 53.4 Å². The predicted octanol–water partition coefficient (Wildman–Crippen LogP) is 3.96. The van der Waals surface area contributed by atoms with Crippen LogP contribution in [0, 0.1) is 6.92 Å². The van der Waals surface area contributed by atoms with E-state index in [0.717, 1.165) is 22.6 Å². The van der Waals surface area contributed by atoms with Crippen LogP contribution in [-0.2, 0) is 0 Å². The largest absolute Gasteiger partial charge is 0.477 e. The van der Waals surface area contributed by atoms with Gasteiger partial charge in [-0.1, -0.05) is 41.1 Å². The minimum atomic E-state index is -1.05. The SMILES string of the molecule is CCN(c1nc(Cl)c(C(=O)O)s1)c1ccccc1C. The lowest BCUT2D eigenvalue weighted by molar-refractivity contribution is 0.0702. The first-order chi connectivity index (χ1) is 9.04. The average molecular weight is 297 g/mol. The van der Waals surface area contributed by atoms with Crippen LogP contribution in [0.3, 0.4) is 0 Å². The Bertz CT molecular complexity index is 612. The number of benzene rings is 1. The fourth-order valence-corrected chi connectivity index (χ4v) is 3.01. The molecule has 1 heterocycles. The molecule has 100 valence electrons. The Morgan fingerprint density at radius 2 is 2.16 bits per heavy atom. The van der Waals surface area contributed by atoms with Gasteiger partial charge < -0.3 is 10.0 Å². The number of carbonyl (C=O) groups is 1. The van der Waals surface area contributed by atoms with Crippen molar-refractivity contribution in [3.05, 3.63) is 39.9 Å². The van der Waals surface area contributed by atoms with Gasteiger partial charge in [0.05, 0.1) is 0 Å². The van der Waals surface area contributed by atoms with Crippen LogP contribution in [0.5, 0.6) is 0 Å². The summed E-state index contributed by atoms with van der Waals surface area (Å²) in [5, 5.41) is 9.66. The molecule has 0 atom stereocenters. The molecule has 19 heavy (non-hydrogen) atoms. The molecule has 2 rings (SSSR count). The number of hydrogen-bond acceptors (Lipinski definition) is 4. The molecule has 0 spiro atoms. The van der Waals surface area contributed by atoms with E-state index >= 15 is 0 Å². The van der Waals surface area contributed by atoms with Crippen molar-refractivity contribution in [1.82, 2.24) is 4.98 Å². The summed E-state index contributed by atoms with van der Waals surface area (Å²) in [6, 6.07) is 7.89. The van der Waals surface area contributed by atoms with Gasteiger partial charge in [-0.05, 0) is 25.5 Å². The van der Waals surface area contributed by atoms with Gasteiger partial charge in [-0.3, -0.25) is 0 Å². The van der Waals surface area contributed by atoms with Crippen molar-refractivity contribution in [1.29, 1.82) is 0 Å². The van der Waals surface area contributed by atoms with Gasteiger partial charge in [-0.25, -0.2) is 9.78 Å². The van der Waals surface area contributed by atoms with Gasteiger partial charge in [0.1, 0.15) is 0 Å². The number of nitrogens with zero attached hydrogens (tertiary/aromatic N) is 2. The molecule has 1 N–H and O–H groups in total. The Labute approximate surface area is 120 Å². The number of rotatable bonds is 4. The summed E-state index contributed by atoms with van der Waals surface area (Å²) in [5.41, 5.74) is 2.11. The number of aromatic carboxylic acids is 1. The van der Waals surface area contributed by atoms with Crippen molar-refractivity contribution in [2.45, 2.75) is 13.8 Å². The summed E-state index contributed by atoms with van der Waals surface area (Å²) in [4.78, 5) is 17.2. The van der Waals surface area contributed by atoms with Crippen LogP contribution < -0.4 is 4.90 Å². The Morgan fingerprint density at radius 3 is 2.68 bits per heavy atom. The first-order valence-corrected chi connectivity index (χ1v) is 6.96. The summed E-state index contributed by atoms with van der Waals surface area (Å²) < 4.78 is 0. The number of carboxylic acids is 1. The van der Waals surface area contributed by atoms with Crippen LogP contribution in [0.25, 0.3) is 0 Å². The van der Waals surface area contributed by atoms with Crippen molar-refractivity contribution >= 4 is 39.7 Å². The minimum absolute atomic E-state index is 0.0412. The molecule has 0 fully saturated rings. The van der Waals surface area contributed by atoms with E-state index in [2.05, 4.69) is 4.98 Å². The third-order valence-corrected chi connectivity index (χ3v) is 4.17. The predicted molar refractivity (Wildman–Crippen MR) is 77.9 cm³/mol. The first-order valence-electron chi connectivity index (χ1n) is 5.77. The molecule has 2 aromatic rings. The zero-order valence-corrected chi connectivity index (χ0v) is 12.1. The monoisotopic (exact) mass is 296 g/mol. The van der Waals surface area contributed by atoms with E-state index in [1.807, 2.05) is 43.0 Å². The normalized spacial score (nSPS) is 10.5. The molecule has 0 bridgehead atoms. The summed E-state index contributed by atoms with van der Waals surface area (Å²) in [5.74, 6) is -1.05. The molecule has 1 aromatic carbocycles. The summed E-state index contributed by atoms with van der Waals surface area (Å²) in [7, 11) is 0. The van der Waals surface area contributed by atoms with Crippen molar-refractivity contribution in [2.75, 3.05) is 11.4 Å². The standard InChI is InChI=1S/C13H13ClN2O2S/c1-3-16(9-7-5-4-6-8(9)2)13-15-11(14)10(19-13)12(17)18/h4-7H,3H2,1-2H3,(H,17,18). The van der Waals surface area contributed by atoms with Gasteiger partial charge in [-0.2, -0.15) is 0 Å². The van der Waals surface area contributed by atoms with E-state index in [1.54, 1.807) is 0 Å². The molecule has 6 heteroatoms. The van der Waals surface area contributed by atoms with Crippen LogP contribution in [0.2, 0.25) is 5.15 Å². The highest BCUT2D eigenvalue weighted by Crippen LogP contribution is 2.34. The van der Waals surface area contributed by atoms with Crippen molar-refractivity contribution in [3.63, 3.8) is 0 Å². The lowest BCUT2D eigenvalue weighted by Gasteiger charge is -2.21. The zero-order valence-electron chi connectivity index (χ0n) is 10.6. The van der Waals surface area contributed by atoms with Crippen LogP contribution in [0.4, 0.5) is 10.8 Å². The van der Waals surface area contributed by atoms with Gasteiger partial charge in [0, 0.05) is 12.2 Å². The molecule has 0 unspecified atom stereocenters. The maximum absolute atomic E-state index is 11.0. The van der Waals surface area contributed by atoms with E-state index in [1.165, 1.54) is 0 Å². The van der Waals surface area contributed by atoms with Gasteiger partial charge in [-0.15, -0.1) is 0 Å². The fraction of sp³-hybridized carbons (Fsp3) is 0.231. The summed E-state index contributed by atoms with van der Waals surface area (Å²) >= 11 is 6.95. The highest BCUT2D eigenvalue weighted by molar-refractivity contribution is 7.18. The lowest BCUT2D eigenvalue weighted by atomic mass is 10.2. The van der Waals surface area contributed by atoms with E-state index in [4.69, 9.17) is 16.7 Å². The van der Waals surface area contributed by atoms with Crippen molar-refractivity contribution in [2.24, 2.45) is 0 Å². The highest BCUT2D eigenvalue weighted by atomic mass is 35.5. The Balaban J connectivity index is 2.46. The summed E-state index contributed by atoms with van der Waals surface area (Å²) in [6.07, 6.45) is 0. The Hall–Kier alpha value is -1.59. The average Bonchev–Trinajstić information content (AvgIpc) is 2.75. The second-order valence-electron chi connectivity index (χ2n) is 3.95. The van der Waals surface area contributed by atoms with Gasteiger partial charge in [0.2, 0.25) is 0 Å². The van der Waals surface area contributed by atoms with E-state index in [0.29, 0.717) is 11.7 Å². The molecule has 0 amide bonds. The molecule has 0 aliphatic carbocycles. The summed E-state index contributed by atoms with van der Waals surface area (Å²) in [6.45, 7) is 4.68. The highest BCUT2D eigenvalue weighted by Gasteiger charge is 2.20. The van der Waals surface area contributed by atoms with E-state index < -0.39 is 5.97 Å². The third-order valence-electron chi connectivity index (χ3n) is 2.72. The maximum atomic E-state index is 11.0. The lowest BCUT2D eigenvalue weighted by Crippen LogP contribution is -2.16. The maximum Gasteiger partial charge on any atom is 0.349 e. The number of aryl methyl sites for hydroxylation is 1. The van der Waals surface area contributed by atoms with Gasteiger partial charge in [0.25, 0.3) is 0 Å². The third kappa shape index (κ3) is 2.72.